The van der Waals surface area contributed by atoms with Crippen LogP contribution in [0.2, 0.25) is 0 Å². The van der Waals surface area contributed by atoms with Crippen LogP contribution in [0.15, 0.2) is 18.3 Å². The summed E-state index contributed by atoms with van der Waals surface area (Å²) in [6.45, 7) is 2.09. The molecule has 1 fully saturated rings. The molecule has 2 nitrogen and oxygen atoms in total. The summed E-state index contributed by atoms with van der Waals surface area (Å²) in [7, 11) is 0. The molecule has 2 heteroatoms. The largest absolute Gasteiger partial charge is 0.323 e. The number of nitrogens with two attached hydrogens (primary N) is 1. The Balaban J connectivity index is 1.97. The highest BCUT2D eigenvalue weighted by molar-refractivity contribution is 5.17. The molecule has 2 N–H and O–H groups in total. The zero-order valence-electron chi connectivity index (χ0n) is 9.45. The van der Waals surface area contributed by atoms with E-state index in [-0.39, 0.29) is 6.04 Å². The number of aryl methyl sites for hydroxylation is 1. The fourth-order valence-corrected chi connectivity index (χ4v) is 2.49. The first-order valence-corrected chi connectivity index (χ1v) is 5.94. The predicted octanol–water partition coefficient (Wildman–Crippen LogP) is 2.97. The Kier molecular flexibility index (Phi) is 3.37. The van der Waals surface area contributed by atoms with E-state index in [1.165, 1.54) is 31.2 Å². The van der Waals surface area contributed by atoms with Gasteiger partial charge in [0, 0.05) is 12.2 Å². The fourth-order valence-electron chi connectivity index (χ4n) is 2.49. The Morgan fingerprint density at radius 1 is 1.47 bits per heavy atom. The molecule has 1 unspecified atom stereocenters. The molecule has 0 aromatic carbocycles. The Bertz CT molecular complexity index is 316. The molecule has 1 aliphatic rings. The molecular formula is C13H20N2. The second kappa shape index (κ2) is 4.75. The van der Waals surface area contributed by atoms with Gasteiger partial charge in [-0.1, -0.05) is 25.7 Å². The molecule has 1 atom stereocenters. The van der Waals surface area contributed by atoms with Gasteiger partial charge in [-0.15, -0.1) is 0 Å². The summed E-state index contributed by atoms with van der Waals surface area (Å²) in [5, 5.41) is 0. The van der Waals surface area contributed by atoms with Crippen LogP contribution in [0.1, 0.15) is 49.4 Å². The summed E-state index contributed by atoms with van der Waals surface area (Å²) < 4.78 is 0. The quantitative estimate of drug-likeness (QED) is 0.822. The molecule has 1 heterocycles. The molecule has 2 rings (SSSR count). The Hall–Kier alpha value is -0.890. The highest BCUT2D eigenvalue weighted by Crippen LogP contribution is 2.31. The van der Waals surface area contributed by atoms with Crippen molar-refractivity contribution >= 4 is 0 Å². The predicted molar refractivity (Wildman–Crippen MR) is 62.5 cm³/mol. The fraction of sp³-hybridized carbons (Fsp3) is 0.615. The van der Waals surface area contributed by atoms with Gasteiger partial charge in [0.2, 0.25) is 0 Å². The molecule has 1 aliphatic carbocycles. The lowest BCUT2D eigenvalue weighted by atomic mass is 9.96. The van der Waals surface area contributed by atoms with Crippen LogP contribution in [-0.4, -0.2) is 4.98 Å². The third kappa shape index (κ3) is 2.78. The molecule has 0 radical (unpaired) electrons. The molecular weight excluding hydrogens is 184 g/mol. The maximum Gasteiger partial charge on any atom is 0.0573 e. The summed E-state index contributed by atoms with van der Waals surface area (Å²) >= 11 is 0. The van der Waals surface area contributed by atoms with Crippen molar-refractivity contribution in [2.24, 2.45) is 11.7 Å². The van der Waals surface area contributed by atoms with Crippen LogP contribution in [-0.2, 0) is 0 Å². The van der Waals surface area contributed by atoms with Crippen molar-refractivity contribution in [2.75, 3.05) is 0 Å². The van der Waals surface area contributed by atoms with Gasteiger partial charge < -0.3 is 5.73 Å². The summed E-state index contributed by atoms with van der Waals surface area (Å²) in [6, 6.07) is 4.26. The Morgan fingerprint density at radius 2 is 2.20 bits per heavy atom. The van der Waals surface area contributed by atoms with Crippen LogP contribution in [0.5, 0.6) is 0 Å². The third-order valence-corrected chi connectivity index (χ3v) is 3.38. The van der Waals surface area contributed by atoms with Gasteiger partial charge in [0.15, 0.2) is 0 Å². The van der Waals surface area contributed by atoms with Crippen LogP contribution >= 0.6 is 0 Å². The van der Waals surface area contributed by atoms with Gasteiger partial charge >= 0.3 is 0 Å². The minimum absolute atomic E-state index is 0.132. The van der Waals surface area contributed by atoms with Gasteiger partial charge in [0.1, 0.15) is 0 Å². The van der Waals surface area contributed by atoms with E-state index in [0.29, 0.717) is 0 Å². The molecule has 82 valence electrons. The van der Waals surface area contributed by atoms with Crippen molar-refractivity contribution in [1.29, 1.82) is 0 Å². The summed E-state index contributed by atoms with van der Waals surface area (Å²) in [6.07, 6.45) is 8.46. The van der Waals surface area contributed by atoms with Gasteiger partial charge in [-0.2, -0.15) is 0 Å². The average molecular weight is 204 g/mol. The average Bonchev–Trinajstić information content (AvgIpc) is 2.70. The van der Waals surface area contributed by atoms with Gasteiger partial charge in [0.25, 0.3) is 0 Å². The van der Waals surface area contributed by atoms with E-state index in [9.17, 15) is 0 Å². The molecule has 1 saturated carbocycles. The van der Waals surface area contributed by atoms with Crippen molar-refractivity contribution in [1.82, 2.24) is 4.98 Å². The zero-order valence-corrected chi connectivity index (χ0v) is 9.45. The highest BCUT2D eigenvalue weighted by Gasteiger charge is 2.19. The van der Waals surface area contributed by atoms with Gasteiger partial charge in [-0.05, 0) is 37.0 Å². The lowest BCUT2D eigenvalue weighted by molar-refractivity contribution is 0.445. The molecule has 0 spiro atoms. The van der Waals surface area contributed by atoms with Crippen LogP contribution in [0, 0.1) is 12.8 Å². The first kappa shape index (κ1) is 10.6. The first-order chi connectivity index (χ1) is 7.25. The third-order valence-electron chi connectivity index (χ3n) is 3.38. The van der Waals surface area contributed by atoms with Crippen molar-refractivity contribution in [3.8, 4) is 0 Å². The minimum atomic E-state index is 0.132. The summed E-state index contributed by atoms with van der Waals surface area (Å²) in [4.78, 5) is 4.36. The number of pyridine rings is 1. The number of hydrogen-bond donors (Lipinski definition) is 1. The smallest absolute Gasteiger partial charge is 0.0573 e. The zero-order chi connectivity index (χ0) is 10.7. The van der Waals surface area contributed by atoms with E-state index in [1.54, 1.807) is 0 Å². The molecule has 15 heavy (non-hydrogen) atoms. The number of rotatable bonds is 3. The highest BCUT2D eigenvalue weighted by atomic mass is 14.8. The van der Waals surface area contributed by atoms with E-state index >= 15 is 0 Å². The monoisotopic (exact) mass is 204 g/mol. The van der Waals surface area contributed by atoms with Gasteiger partial charge in [-0.3, -0.25) is 4.98 Å². The second-order valence-corrected chi connectivity index (χ2v) is 4.75. The van der Waals surface area contributed by atoms with E-state index in [0.717, 1.165) is 18.0 Å². The SMILES string of the molecule is Cc1ccnc(C(N)CC2CCCC2)c1. The van der Waals surface area contributed by atoms with Crippen molar-refractivity contribution in [3.05, 3.63) is 29.6 Å². The molecule has 1 aromatic heterocycles. The lowest BCUT2D eigenvalue weighted by Gasteiger charge is -2.15. The standard InChI is InChI=1S/C13H20N2/c1-10-6-7-15-13(8-10)12(14)9-11-4-2-3-5-11/h6-8,11-12H,2-5,9,14H2,1H3. The molecule has 0 amide bonds. The molecule has 1 aromatic rings. The van der Waals surface area contributed by atoms with Crippen molar-refractivity contribution in [3.63, 3.8) is 0 Å². The van der Waals surface area contributed by atoms with Crippen molar-refractivity contribution in [2.45, 2.75) is 45.1 Å². The number of aromatic nitrogens is 1. The second-order valence-electron chi connectivity index (χ2n) is 4.75. The van der Waals surface area contributed by atoms with Crippen LogP contribution in [0.4, 0.5) is 0 Å². The lowest BCUT2D eigenvalue weighted by Crippen LogP contribution is -2.15. The molecule has 0 aliphatic heterocycles. The van der Waals surface area contributed by atoms with Crippen LogP contribution in [0.3, 0.4) is 0 Å². The van der Waals surface area contributed by atoms with Gasteiger partial charge in [-0.25, -0.2) is 0 Å². The van der Waals surface area contributed by atoms with E-state index in [2.05, 4.69) is 18.0 Å². The minimum Gasteiger partial charge on any atom is -0.323 e. The topological polar surface area (TPSA) is 38.9 Å². The van der Waals surface area contributed by atoms with E-state index in [1.807, 2.05) is 12.3 Å². The van der Waals surface area contributed by atoms with Gasteiger partial charge in [0.05, 0.1) is 5.69 Å². The van der Waals surface area contributed by atoms with Crippen LogP contribution in [0.25, 0.3) is 0 Å². The van der Waals surface area contributed by atoms with E-state index in [4.69, 9.17) is 5.73 Å². The number of nitrogens with zero attached hydrogens (tertiary/aromatic N) is 1. The normalized spacial score (nSPS) is 19.3. The molecule has 0 bridgehead atoms. The summed E-state index contributed by atoms with van der Waals surface area (Å²) in [5.74, 6) is 0.835. The van der Waals surface area contributed by atoms with E-state index < -0.39 is 0 Å². The summed E-state index contributed by atoms with van der Waals surface area (Å²) in [5.41, 5.74) is 8.49. The Labute approximate surface area is 91.9 Å². The Morgan fingerprint density at radius 3 is 2.87 bits per heavy atom. The number of hydrogen-bond acceptors (Lipinski definition) is 2. The maximum atomic E-state index is 6.18. The van der Waals surface area contributed by atoms with Crippen LogP contribution < -0.4 is 5.73 Å². The molecule has 0 saturated heterocycles. The first-order valence-electron chi connectivity index (χ1n) is 5.94. The van der Waals surface area contributed by atoms with Crippen molar-refractivity contribution < 1.29 is 0 Å². The maximum absolute atomic E-state index is 6.18.